The molecule has 5 heterocycles. The molecule has 0 atom stereocenters. The van der Waals surface area contributed by atoms with Gasteiger partial charge in [-0.2, -0.15) is 0 Å². The molecule has 13 rings (SSSR count). The second-order valence-corrected chi connectivity index (χ2v) is 17.3. The van der Waals surface area contributed by atoms with E-state index < -0.39 is 0 Å². The lowest BCUT2D eigenvalue weighted by Crippen LogP contribution is -2.00. The Hall–Kier alpha value is -8.24. The van der Waals surface area contributed by atoms with Gasteiger partial charge in [0.2, 0.25) is 0 Å². The number of nitrogens with zero attached hydrogens (tertiary/aromatic N) is 6. The van der Waals surface area contributed by atoms with Crippen LogP contribution in [0.15, 0.2) is 133 Å². The van der Waals surface area contributed by atoms with Gasteiger partial charge in [0, 0.05) is 54.6 Å². The topological polar surface area (TPSA) is 127 Å². The Labute approximate surface area is 378 Å². The van der Waals surface area contributed by atoms with Gasteiger partial charge >= 0.3 is 0 Å². The SMILES string of the molecule is CCCCOc1ccc(OCCCC)c2cc3c(cc12)-c1nc-3nc2[nH]c(nc3nc(nc4[nH]c(n1)c1cc5ccccc5cc41)-c1cc4ccccc4cc1-3)c1cc3ccccc3cc21. The Bertz CT molecular complexity index is 3750. The van der Waals surface area contributed by atoms with Crippen LogP contribution in [0.3, 0.4) is 0 Å². The van der Waals surface area contributed by atoms with Crippen LogP contribution in [0.25, 0.3) is 133 Å². The molecule has 0 unspecified atom stereocenters. The Kier molecular flexibility index (Phi) is 8.80. The molecule has 0 spiro atoms. The van der Waals surface area contributed by atoms with Crippen LogP contribution in [0.4, 0.5) is 0 Å². The molecule has 0 fully saturated rings. The Morgan fingerprint density at radius 2 is 0.652 bits per heavy atom. The van der Waals surface area contributed by atoms with Crippen molar-refractivity contribution in [1.29, 1.82) is 0 Å². The van der Waals surface area contributed by atoms with E-state index in [1.54, 1.807) is 0 Å². The summed E-state index contributed by atoms with van der Waals surface area (Å²) in [6, 6.07) is 46.5. The van der Waals surface area contributed by atoms with E-state index in [0.717, 1.165) is 124 Å². The van der Waals surface area contributed by atoms with Gasteiger partial charge in [-0.05, 0) is 106 Å². The Balaban J connectivity index is 1.18. The molecule has 66 heavy (non-hydrogen) atoms. The van der Waals surface area contributed by atoms with Gasteiger partial charge in [-0.1, -0.05) is 99.5 Å². The Morgan fingerprint density at radius 1 is 0.348 bits per heavy atom. The summed E-state index contributed by atoms with van der Waals surface area (Å²) >= 11 is 0. The lowest BCUT2D eigenvalue weighted by atomic mass is 10.00. The number of unbranched alkanes of at least 4 members (excludes halogenated alkanes) is 2. The molecule has 8 bridgehead atoms. The molecule has 0 amide bonds. The van der Waals surface area contributed by atoms with Crippen LogP contribution in [-0.4, -0.2) is 53.1 Å². The highest BCUT2D eigenvalue weighted by Gasteiger charge is 2.25. The summed E-state index contributed by atoms with van der Waals surface area (Å²) in [4.78, 5) is 39.4. The number of ether oxygens (including phenoxy) is 2. The summed E-state index contributed by atoms with van der Waals surface area (Å²) in [5, 5.41) is 12.1. The smallest absolute Gasteiger partial charge is 0.164 e. The fourth-order valence-corrected chi connectivity index (χ4v) is 9.54. The molecule has 0 saturated heterocycles. The summed E-state index contributed by atoms with van der Waals surface area (Å²) in [5.74, 6) is 3.76. The van der Waals surface area contributed by atoms with E-state index in [9.17, 15) is 0 Å². The molecule has 0 radical (unpaired) electrons. The zero-order valence-electron chi connectivity index (χ0n) is 36.4. The predicted molar refractivity (Wildman–Crippen MR) is 267 cm³/mol. The molecule has 10 nitrogen and oxygen atoms in total. The first-order valence-corrected chi connectivity index (χ1v) is 22.8. The van der Waals surface area contributed by atoms with Gasteiger partial charge in [-0.25, -0.2) is 29.9 Å². The standard InChI is InChI=1S/C56H42N8O2/c1-3-5-21-65-47-19-20-48(66-22-6-4-2)38-30-46-45(29-37(38)47)55-62-53-43-27-35-17-11-9-15-33(35)25-41(43)51(60-53)58-49-39-23-31-13-7-8-14-32(31)24-40(39)50(57-49)59-52-42-26-34-16-10-12-18-36(34)28-44(42)54(61-52)63-56(46)64-55/h7-20,23-30H,3-6,21-22H2,1-2H3,(H2,57,58,59,60,61,62,63,64). The number of fused-ring (bicyclic) bond motifs is 24. The number of nitrogens with one attached hydrogen (secondary N) is 2. The molecule has 11 aromatic rings. The maximum atomic E-state index is 6.48. The van der Waals surface area contributed by atoms with Crippen molar-refractivity contribution < 1.29 is 9.47 Å². The molecule has 3 aromatic heterocycles. The van der Waals surface area contributed by atoms with Crippen molar-refractivity contribution in [1.82, 2.24) is 39.9 Å². The van der Waals surface area contributed by atoms with Gasteiger partial charge < -0.3 is 19.4 Å². The van der Waals surface area contributed by atoms with Gasteiger partial charge in [0.15, 0.2) is 23.3 Å². The highest BCUT2D eigenvalue weighted by atomic mass is 16.5. The highest BCUT2D eigenvalue weighted by Crippen LogP contribution is 2.44. The van der Waals surface area contributed by atoms with Gasteiger partial charge in [-0.3, -0.25) is 0 Å². The third-order valence-corrected chi connectivity index (χ3v) is 13.0. The first-order chi connectivity index (χ1) is 32.6. The summed E-state index contributed by atoms with van der Waals surface area (Å²) in [5.41, 5.74) is 6.04. The van der Waals surface area contributed by atoms with Gasteiger partial charge in [0.25, 0.3) is 0 Å². The Morgan fingerprint density at radius 3 is 0.970 bits per heavy atom. The van der Waals surface area contributed by atoms with E-state index in [-0.39, 0.29) is 0 Å². The van der Waals surface area contributed by atoms with E-state index in [0.29, 0.717) is 59.1 Å². The van der Waals surface area contributed by atoms with E-state index in [2.05, 4.69) is 145 Å². The number of benzene rings is 8. The molecule has 8 aromatic carbocycles. The van der Waals surface area contributed by atoms with Crippen molar-refractivity contribution in [3.05, 3.63) is 133 Å². The van der Waals surface area contributed by atoms with Gasteiger partial charge in [0.05, 0.1) is 13.2 Å². The highest BCUT2D eigenvalue weighted by molar-refractivity contribution is 6.13. The molecule has 2 N–H and O–H groups in total. The van der Waals surface area contributed by atoms with Crippen molar-refractivity contribution in [2.24, 2.45) is 0 Å². The number of aromatic amines is 2. The molecular formula is C56H42N8O2. The van der Waals surface area contributed by atoms with E-state index in [1.165, 1.54) is 0 Å². The molecule has 2 aliphatic rings. The normalized spacial score (nSPS) is 12.2. The minimum Gasteiger partial charge on any atom is -0.493 e. The minimum atomic E-state index is 0.522. The van der Waals surface area contributed by atoms with Crippen molar-refractivity contribution in [2.75, 3.05) is 13.2 Å². The van der Waals surface area contributed by atoms with Crippen molar-refractivity contribution in [3.8, 4) is 57.1 Å². The van der Waals surface area contributed by atoms with Crippen LogP contribution < -0.4 is 9.47 Å². The summed E-state index contributed by atoms with van der Waals surface area (Å²) in [6.07, 6.45) is 3.96. The monoisotopic (exact) mass is 858 g/mol. The van der Waals surface area contributed by atoms with E-state index >= 15 is 0 Å². The average molecular weight is 859 g/mol. The molecule has 2 aliphatic heterocycles. The maximum absolute atomic E-state index is 6.48. The average Bonchev–Trinajstić information content (AvgIpc) is 4.06. The first-order valence-electron chi connectivity index (χ1n) is 22.8. The number of hydrogen-bond acceptors (Lipinski definition) is 8. The largest absolute Gasteiger partial charge is 0.493 e. The zero-order chi connectivity index (χ0) is 43.9. The van der Waals surface area contributed by atoms with Crippen molar-refractivity contribution in [2.45, 2.75) is 39.5 Å². The molecule has 318 valence electrons. The number of rotatable bonds is 8. The van der Waals surface area contributed by atoms with Crippen LogP contribution in [0.2, 0.25) is 0 Å². The maximum Gasteiger partial charge on any atom is 0.164 e. The second-order valence-electron chi connectivity index (χ2n) is 17.3. The fourth-order valence-electron chi connectivity index (χ4n) is 9.54. The first kappa shape index (κ1) is 38.2. The van der Waals surface area contributed by atoms with Crippen molar-refractivity contribution in [3.63, 3.8) is 0 Å². The van der Waals surface area contributed by atoms with E-state index in [4.69, 9.17) is 39.4 Å². The fraction of sp³-hybridized carbons (Fsp3) is 0.143. The van der Waals surface area contributed by atoms with Crippen LogP contribution in [0.5, 0.6) is 11.5 Å². The molecule has 0 saturated carbocycles. The van der Waals surface area contributed by atoms with Crippen LogP contribution in [0.1, 0.15) is 39.5 Å². The molecule has 0 aliphatic carbocycles. The molecule has 10 heteroatoms. The van der Waals surface area contributed by atoms with E-state index in [1.807, 2.05) is 12.1 Å². The number of aromatic nitrogens is 8. The summed E-state index contributed by atoms with van der Waals surface area (Å²) in [6.45, 7) is 5.56. The van der Waals surface area contributed by atoms with Gasteiger partial charge in [-0.15, -0.1) is 0 Å². The summed E-state index contributed by atoms with van der Waals surface area (Å²) in [7, 11) is 0. The van der Waals surface area contributed by atoms with Crippen LogP contribution >= 0.6 is 0 Å². The lowest BCUT2D eigenvalue weighted by molar-refractivity contribution is 0.306. The van der Waals surface area contributed by atoms with Gasteiger partial charge in [0.1, 0.15) is 34.1 Å². The number of hydrogen-bond donors (Lipinski definition) is 2. The molecular weight excluding hydrogens is 817 g/mol. The number of H-pyrrole nitrogens is 2. The van der Waals surface area contributed by atoms with Crippen LogP contribution in [0, 0.1) is 0 Å². The van der Waals surface area contributed by atoms with Crippen LogP contribution in [-0.2, 0) is 0 Å². The zero-order valence-corrected chi connectivity index (χ0v) is 36.4. The quantitative estimate of drug-likeness (QED) is 0.145. The third kappa shape index (κ3) is 6.23. The minimum absolute atomic E-state index is 0.522. The predicted octanol–water partition coefficient (Wildman–Crippen LogP) is 13.8. The second kappa shape index (κ2) is 15.2. The summed E-state index contributed by atoms with van der Waals surface area (Å²) < 4.78 is 13.0. The third-order valence-electron chi connectivity index (χ3n) is 13.0. The lowest BCUT2D eigenvalue weighted by Gasteiger charge is -2.15. The van der Waals surface area contributed by atoms with Crippen molar-refractivity contribution >= 4 is 87.2 Å².